The van der Waals surface area contributed by atoms with Gasteiger partial charge >= 0.3 is 11.8 Å². The average Bonchev–Trinajstić information content (AvgIpc) is 2.60. The van der Waals surface area contributed by atoms with Gasteiger partial charge in [-0.2, -0.15) is 0 Å². The molecule has 1 fully saturated rings. The van der Waals surface area contributed by atoms with Crippen molar-refractivity contribution in [2.75, 3.05) is 46.4 Å². The van der Waals surface area contributed by atoms with Gasteiger partial charge in [-0.05, 0) is 31.2 Å². The van der Waals surface area contributed by atoms with E-state index >= 15 is 0 Å². The summed E-state index contributed by atoms with van der Waals surface area (Å²) >= 11 is 5.80. The molecule has 25 heavy (non-hydrogen) atoms. The van der Waals surface area contributed by atoms with Crippen LogP contribution < -0.4 is 4.74 Å². The molecule has 1 aromatic rings. The molecular weight excluding hydrogens is 346 g/mol. The van der Waals surface area contributed by atoms with E-state index in [1.54, 1.807) is 31.3 Å². The zero-order chi connectivity index (χ0) is 18.4. The van der Waals surface area contributed by atoms with Gasteiger partial charge in [-0.25, -0.2) is 0 Å². The van der Waals surface area contributed by atoms with Crippen LogP contribution in [0.2, 0.25) is 5.02 Å². The van der Waals surface area contributed by atoms with Gasteiger partial charge in [-0.1, -0.05) is 11.6 Å². The highest BCUT2D eigenvalue weighted by molar-refractivity contribution is 6.35. The summed E-state index contributed by atoms with van der Waals surface area (Å²) in [6.45, 7) is 3.74. The molecule has 0 saturated carbocycles. The monoisotopic (exact) mass is 367 g/mol. The number of nitrogens with zero attached hydrogens (tertiary/aromatic N) is 3. The molecule has 0 aromatic heterocycles. The van der Waals surface area contributed by atoms with Gasteiger partial charge in [-0.3, -0.25) is 14.4 Å². The van der Waals surface area contributed by atoms with Crippen LogP contribution in [0.15, 0.2) is 24.3 Å². The Morgan fingerprint density at radius 1 is 1.16 bits per heavy atom. The van der Waals surface area contributed by atoms with E-state index in [1.165, 1.54) is 14.7 Å². The first kappa shape index (κ1) is 19.1. The van der Waals surface area contributed by atoms with Gasteiger partial charge in [0.25, 0.3) is 0 Å². The lowest BCUT2D eigenvalue weighted by Crippen LogP contribution is -2.56. The molecule has 0 aliphatic carbocycles. The number of ether oxygens (including phenoxy) is 1. The van der Waals surface area contributed by atoms with E-state index in [0.29, 0.717) is 43.6 Å². The van der Waals surface area contributed by atoms with Gasteiger partial charge in [0.2, 0.25) is 5.91 Å². The molecule has 1 aliphatic rings. The maximum atomic E-state index is 12.2. The second-order valence-electron chi connectivity index (χ2n) is 5.73. The van der Waals surface area contributed by atoms with E-state index in [2.05, 4.69) is 0 Å². The van der Waals surface area contributed by atoms with Crippen LogP contribution in [0, 0.1) is 0 Å². The number of piperazine rings is 1. The van der Waals surface area contributed by atoms with E-state index in [0.717, 1.165) is 0 Å². The fraction of sp³-hybridized carbons (Fsp3) is 0.471. The Kier molecular flexibility index (Phi) is 6.64. The zero-order valence-electron chi connectivity index (χ0n) is 14.4. The number of hydrogen-bond donors (Lipinski definition) is 0. The second-order valence-corrected chi connectivity index (χ2v) is 6.17. The van der Waals surface area contributed by atoms with Crippen molar-refractivity contribution in [1.29, 1.82) is 0 Å². The zero-order valence-corrected chi connectivity index (χ0v) is 15.2. The topological polar surface area (TPSA) is 70.2 Å². The Labute approximate surface area is 152 Å². The number of carbonyl (C=O) groups excluding carboxylic acids is 3. The highest BCUT2D eigenvalue weighted by Crippen LogP contribution is 2.15. The van der Waals surface area contributed by atoms with Crippen molar-refractivity contribution < 1.29 is 19.1 Å². The molecule has 0 N–H and O–H groups in total. The van der Waals surface area contributed by atoms with Crippen molar-refractivity contribution >= 4 is 29.3 Å². The summed E-state index contributed by atoms with van der Waals surface area (Å²) in [5.41, 5.74) is 0. The normalized spacial score (nSPS) is 14.7. The number of hydrogen-bond acceptors (Lipinski definition) is 4. The van der Waals surface area contributed by atoms with Gasteiger partial charge in [-0.15, -0.1) is 0 Å². The van der Waals surface area contributed by atoms with Crippen LogP contribution in [0.25, 0.3) is 0 Å². The minimum atomic E-state index is -0.618. The first-order valence-electron chi connectivity index (χ1n) is 8.13. The lowest BCUT2D eigenvalue weighted by Gasteiger charge is -2.33. The minimum Gasteiger partial charge on any atom is -0.492 e. The highest BCUT2D eigenvalue weighted by atomic mass is 35.5. The number of carbonyl (C=O) groups is 3. The van der Waals surface area contributed by atoms with Crippen LogP contribution in [-0.2, 0) is 14.4 Å². The number of halogens is 1. The Balaban J connectivity index is 1.77. The summed E-state index contributed by atoms with van der Waals surface area (Å²) in [6.07, 6.45) is 0. The van der Waals surface area contributed by atoms with Gasteiger partial charge in [0.1, 0.15) is 18.9 Å². The van der Waals surface area contributed by atoms with Crippen LogP contribution in [0.3, 0.4) is 0 Å². The summed E-state index contributed by atoms with van der Waals surface area (Å²) in [5.74, 6) is -0.727. The molecule has 0 radical (unpaired) electrons. The summed E-state index contributed by atoms with van der Waals surface area (Å²) in [5, 5.41) is 0.627. The maximum absolute atomic E-state index is 12.2. The van der Waals surface area contributed by atoms with Crippen molar-refractivity contribution in [3.8, 4) is 5.75 Å². The van der Waals surface area contributed by atoms with E-state index in [-0.39, 0.29) is 12.5 Å². The molecule has 136 valence electrons. The molecule has 0 bridgehead atoms. The number of benzene rings is 1. The van der Waals surface area contributed by atoms with Crippen molar-refractivity contribution in [3.63, 3.8) is 0 Å². The lowest BCUT2D eigenvalue weighted by atomic mass is 10.3. The Hall–Kier alpha value is -2.28. The standard InChI is InChI=1S/C17H22ClN3O4/c1-3-20-8-9-21(17(24)16(20)23)12-15(22)19(2)10-11-25-14-6-4-13(18)5-7-14/h4-7H,3,8-12H2,1-2H3. The molecule has 0 unspecified atom stereocenters. The maximum Gasteiger partial charge on any atom is 0.312 e. The van der Waals surface area contributed by atoms with Crippen molar-refractivity contribution in [1.82, 2.24) is 14.7 Å². The van der Waals surface area contributed by atoms with Gasteiger partial charge < -0.3 is 19.4 Å². The van der Waals surface area contributed by atoms with Crippen molar-refractivity contribution in [2.24, 2.45) is 0 Å². The fourth-order valence-corrected chi connectivity index (χ4v) is 2.53. The summed E-state index contributed by atoms with van der Waals surface area (Å²) in [6, 6.07) is 6.96. The Morgan fingerprint density at radius 2 is 1.76 bits per heavy atom. The van der Waals surface area contributed by atoms with E-state index in [9.17, 15) is 14.4 Å². The predicted octanol–water partition coefficient (Wildman–Crippen LogP) is 0.868. The molecule has 7 nitrogen and oxygen atoms in total. The van der Waals surface area contributed by atoms with Crippen LogP contribution >= 0.6 is 11.6 Å². The molecule has 1 aliphatic heterocycles. The van der Waals surface area contributed by atoms with Gasteiger partial charge in [0.15, 0.2) is 0 Å². The smallest absolute Gasteiger partial charge is 0.312 e. The quantitative estimate of drug-likeness (QED) is 0.670. The molecule has 1 aromatic carbocycles. The molecule has 0 atom stereocenters. The second kappa shape index (κ2) is 8.71. The highest BCUT2D eigenvalue weighted by Gasteiger charge is 2.32. The largest absolute Gasteiger partial charge is 0.492 e. The Bertz CT molecular complexity index is 635. The Morgan fingerprint density at radius 3 is 2.40 bits per heavy atom. The van der Waals surface area contributed by atoms with Crippen molar-refractivity contribution in [2.45, 2.75) is 6.92 Å². The van der Waals surface area contributed by atoms with E-state index < -0.39 is 11.8 Å². The molecule has 3 amide bonds. The first-order valence-corrected chi connectivity index (χ1v) is 8.50. The van der Waals surface area contributed by atoms with Crippen LogP contribution in [0.1, 0.15) is 6.92 Å². The molecule has 8 heteroatoms. The molecule has 0 spiro atoms. The number of likely N-dealkylation sites (N-methyl/N-ethyl adjacent to an activating group) is 2. The van der Waals surface area contributed by atoms with Gasteiger partial charge in [0, 0.05) is 31.7 Å². The van der Waals surface area contributed by atoms with E-state index in [1.807, 2.05) is 6.92 Å². The molecule has 1 saturated heterocycles. The first-order chi connectivity index (χ1) is 11.9. The number of amides is 3. The number of rotatable bonds is 7. The van der Waals surface area contributed by atoms with Gasteiger partial charge in [0.05, 0.1) is 6.54 Å². The summed E-state index contributed by atoms with van der Waals surface area (Å²) in [7, 11) is 1.64. The summed E-state index contributed by atoms with van der Waals surface area (Å²) in [4.78, 5) is 40.4. The predicted molar refractivity (Wildman–Crippen MR) is 93.4 cm³/mol. The van der Waals surface area contributed by atoms with E-state index in [4.69, 9.17) is 16.3 Å². The molecule has 2 rings (SSSR count). The third-order valence-electron chi connectivity index (χ3n) is 4.04. The summed E-state index contributed by atoms with van der Waals surface area (Å²) < 4.78 is 5.54. The molecular formula is C17H22ClN3O4. The molecule has 1 heterocycles. The lowest BCUT2D eigenvalue weighted by molar-refractivity contribution is -0.157. The minimum absolute atomic E-state index is 0.0976. The van der Waals surface area contributed by atoms with Crippen LogP contribution in [0.4, 0.5) is 0 Å². The van der Waals surface area contributed by atoms with Crippen LogP contribution in [-0.4, -0.2) is 78.8 Å². The third kappa shape index (κ3) is 5.09. The third-order valence-corrected chi connectivity index (χ3v) is 4.29. The fourth-order valence-electron chi connectivity index (χ4n) is 2.41. The average molecular weight is 368 g/mol. The SMILES string of the molecule is CCN1CCN(CC(=O)N(C)CCOc2ccc(Cl)cc2)C(=O)C1=O. The van der Waals surface area contributed by atoms with Crippen LogP contribution in [0.5, 0.6) is 5.75 Å². The van der Waals surface area contributed by atoms with Crippen molar-refractivity contribution in [3.05, 3.63) is 29.3 Å².